The van der Waals surface area contributed by atoms with Crippen molar-refractivity contribution in [3.05, 3.63) is 35.9 Å². The number of amides is 2. The Labute approximate surface area is 113 Å². The second kappa shape index (κ2) is 7.41. The summed E-state index contributed by atoms with van der Waals surface area (Å²) in [6.45, 7) is 3.93. The molecule has 0 fully saturated rings. The molecule has 5 heteroatoms. The van der Waals surface area contributed by atoms with Gasteiger partial charge in [-0.1, -0.05) is 37.3 Å². The molecule has 5 nitrogen and oxygen atoms in total. The number of urea groups is 1. The van der Waals surface area contributed by atoms with Crippen molar-refractivity contribution < 1.29 is 14.7 Å². The molecule has 0 spiro atoms. The van der Waals surface area contributed by atoms with Crippen molar-refractivity contribution >= 4 is 12.0 Å². The number of rotatable bonds is 6. The van der Waals surface area contributed by atoms with E-state index in [0.29, 0.717) is 6.54 Å². The fourth-order valence-electron chi connectivity index (χ4n) is 1.79. The molecule has 19 heavy (non-hydrogen) atoms. The molecule has 0 radical (unpaired) electrons. The van der Waals surface area contributed by atoms with Gasteiger partial charge in [-0.25, -0.2) is 4.79 Å². The molecular formula is C14H20N2O3. The Morgan fingerprint density at radius 1 is 1.32 bits per heavy atom. The lowest BCUT2D eigenvalue weighted by atomic mass is 10.1. The summed E-state index contributed by atoms with van der Waals surface area (Å²) in [7, 11) is 0. The molecule has 1 atom stereocenters. The van der Waals surface area contributed by atoms with Gasteiger partial charge in [0.2, 0.25) is 0 Å². The fraction of sp³-hybridized carbons (Fsp3) is 0.429. The molecule has 1 aromatic rings. The summed E-state index contributed by atoms with van der Waals surface area (Å²) in [4.78, 5) is 24.0. The first-order valence-corrected chi connectivity index (χ1v) is 6.36. The fourth-order valence-corrected chi connectivity index (χ4v) is 1.79. The molecule has 0 saturated carbocycles. The average Bonchev–Trinajstić information content (AvgIpc) is 2.38. The van der Waals surface area contributed by atoms with Gasteiger partial charge < -0.3 is 15.3 Å². The highest BCUT2D eigenvalue weighted by Gasteiger charge is 2.18. The summed E-state index contributed by atoms with van der Waals surface area (Å²) in [6.07, 6.45) is 0.723. The third-order valence-corrected chi connectivity index (χ3v) is 2.75. The smallest absolute Gasteiger partial charge is 0.323 e. The first-order valence-electron chi connectivity index (χ1n) is 6.36. The van der Waals surface area contributed by atoms with Gasteiger partial charge in [0, 0.05) is 6.54 Å². The topological polar surface area (TPSA) is 69.6 Å². The van der Waals surface area contributed by atoms with Crippen molar-refractivity contribution in [2.24, 2.45) is 0 Å². The number of benzene rings is 1. The molecule has 1 aromatic carbocycles. The quantitative estimate of drug-likeness (QED) is 0.828. The van der Waals surface area contributed by atoms with E-state index in [2.05, 4.69) is 5.32 Å². The lowest BCUT2D eigenvalue weighted by Crippen LogP contribution is -2.43. The van der Waals surface area contributed by atoms with Gasteiger partial charge in [0.05, 0.1) is 6.04 Å². The van der Waals surface area contributed by atoms with E-state index in [1.54, 1.807) is 0 Å². The van der Waals surface area contributed by atoms with Crippen LogP contribution in [0.2, 0.25) is 0 Å². The number of carboxylic acid groups (broad SMARTS) is 1. The van der Waals surface area contributed by atoms with Gasteiger partial charge >= 0.3 is 12.0 Å². The second-order valence-electron chi connectivity index (χ2n) is 4.40. The van der Waals surface area contributed by atoms with E-state index in [4.69, 9.17) is 5.11 Å². The van der Waals surface area contributed by atoms with Crippen LogP contribution >= 0.6 is 0 Å². The van der Waals surface area contributed by atoms with Crippen molar-refractivity contribution in [1.29, 1.82) is 0 Å². The largest absolute Gasteiger partial charge is 0.480 e. The maximum Gasteiger partial charge on any atom is 0.323 e. The highest BCUT2D eigenvalue weighted by atomic mass is 16.4. The van der Waals surface area contributed by atoms with Crippen LogP contribution < -0.4 is 5.32 Å². The zero-order valence-electron chi connectivity index (χ0n) is 11.3. The van der Waals surface area contributed by atoms with Crippen LogP contribution in [-0.2, 0) is 4.79 Å². The molecule has 1 unspecified atom stereocenters. The molecule has 0 aliphatic rings. The Balaban J connectivity index is 2.63. The predicted octanol–water partition coefficient (Wildman–Crippen LogP) is 2.25. The van der Waals surface area contributed by atoms with Gasteiger partial charge in [-0.15, -0.1) is 0 Å². The summed E-state index contributed by atoms with van der Waals surface area (Å²) >= 11 is 0. The Morgan fingerprint density at radius 3 is 2.47 bits per heavy atom. The van der Waals surface area contributed by atoms with Crippen molar-refractivity contribution in [3.8, 4) is 0 Å². The van der Waals surface area contributed by atoms with Crippen LogP contribution in [-0.4, -0.2) is 35.1 Å². The number of nitrogens with one attached hydrogen (secondary N) is 1. The SMILES string of the molecule is CCCN(CC(=O)O)C(=O)NC(C)c1ccccc1. The Hall–Kier alpha value is -2.04. The molecule has 0 heterocycles. The van der Waals surface area contributed by atoms with Crippen molar-refractivity contribution in [2.45, 2.75) is 26.3 Å². The van der Waals surface area contributed by atoms with Gasteiger partial charge in [0.15, 0.2) is 0 Å². The minimum Gasteiger partial charge on any atom is -0.480 e. The molecule has 0 bridgehead atoms. The summed E-state index contributed by atoms with van der Waals surface area (Å²) in [6, 6.07) is 9.06. The highest BCUT2D eigenvalue weighted by molar-refractivity contribution is 5.80. The zero-order chi connectivity index (χ0) is 14.3. The van der Waals surface area contributed by atoms with E-state index in [9.17, 15) is 9.59 Å². The summed E-state index contributed by atoms with van der Waals surface area (Å²) < 4.78 is 0. The molecule has 0 aromatic heterocycles. The average molecular weight is 264 g/mol. The molecule has 0 aliphatic heterocycles. The Kier molecular flexibility index (Phi) is 5.85. The molecule has 0 saturated heterocycles. The number of nitrogens with zero attached hydrogens (tertiary/aromatic N) is 1. The first kappa shape index (κ1) is 15.0. The van der Waals surface area contributed by atoms with Crippen molar-refractivity contribution in [3.63, 3.8) is 0 Å². The van der Waals surface area contributed by atoms with Crippen LogP contribution in [0.15, 0.2) is 30.3 Å². The molecule has 1 rings (SSSR count). The standard InChI is InChI=1S/C14H20N2O3/c1-3-9-16(10-13(17)18)14(19)15-11(2)12-7-5-4-6-8-12/h4-8,11H,3,9-10H2,1-2H3,(H,15,19)(H,17,18). The van der Waals surface area contributed by atoms with Gasteiger partial charge in [0.25, 0.3) is 0 Å². The van der Waals surface area contributed by atoms with Crippen LogP contribution in [0.1, 0.15) is 31.9 Å². The number of aliphatic carboxylic acids is 1. The second-order valence-corrected chi connectivity index (χ2v) is 4.40. The minimum absolute atomic E-state index is 0.151. The first-order chi connectivity index (χ1) is 9.04. The number of carboxylic acids is 1. The Morgan fingerprint density at radius 2 is 1.95 bits per heavy atom. The number of hydrogen-bond donors (Lipinski definition) is 2. The van der Waals surface area contributed by atoms with Crippen molar-refractivity contribution in [1.82, 2.24) is 10.2 Å². The monoisotopic (exact) mass is 264 g/mol. The van der Waals surface area contributed by atoms with E-state index < -0.39 is 5.97 Å². The molecule has 2 N–H and O–H groups in total. The summed E-state index contributed by atoms with van der Waals surface area (Å²) in [5.41, 5.74) is 0.989. The third kappa shape index (κ3) is 4.99. The predicted molar refractivity (Wildman–Crippen MR) is 72.9 cm³/mol. The number of carbonyl (C=O) groups is 2. The highest BCUT2D eigenvalue weighted by Crippen LogP contribution is 2.11. The molecule has 0 aliphatic carbocycles. The maximum absolute atomic E-state index is 12.0. The van der Waals surface area contributed by atoms with Crippen LogP contribution in [0.5, 0.6) is 0 Å². The lowest BCUT2D eigenvalue weighted by molar-refractivity contribution is -0.137. The maximum atomic E-state index is 12.0. The van der Waals surface area contributed by atoms with E-state index in [0.717, 1.165) is 12.0 Å². The number of carbonyl (C=O) groups excluding carboxylic acids is 1. The van der Waals surface area contributed by atoms with Crippen LogP contribution in [0.25, 0.3) is 0 Å². The normalized spacial score (nSPS) is 11.7. The van der Waals surface area contributed by atoms with E-state index in [1.165, 1.54) is 4.90 Å². The molecule has 104 valence electrons. The van der Waals surface area contributed by atoms with Gasteiger partial charge in [0.1, 0.15) is 6.54 Å². The summed E-state index contributed by atoms with van der Waals surface area (Å²) in [5.74, 6) is -1.00. The van der Waals surface area contributed by atoms with Crippen LogP contribution in [0.4, 0.5) is 4.79 Å². The van der Waals surface area contributed by atoms with Crippen LogP contribution in [0, 0.1) is 0 Å². The van der Waals surface area contributed by atoms with Gasteiger partial charge in [-0.3, -0.25) is 4.79 Å². The number of hydrogen-bond acceptors (Lipinski definition) is 2. The van der Waals surface area contributed by atoms with E-state index >= 15 is 0 Å². The van der Waals surface area contributed by atoms with E-state index in [1.807, 2.05) is 44.2 Å². The molecular weight excluding hydrogens is 244 g/mol. The third-order valence-electron chi connectivity index (χ3n) is 2.75. The zero-order valence-corrected chi connectivity index (χ0v) is 11.3. The molecule has 2 amide bonds. The van der Waals surface area contributed by atoms with Gasteiger partial charge in [-0.2, -0.15) is 0 Å². The van der Waals surface area contributed by atoms with Gasteiger partial charge in [-0.05, 0) is 18.9 Å². The van der Waals surface area contributed by atoms with Crippen LogP contribution in [0.3, 0.4) is 0 Å². The minimum atomic E-state index is -1.00. The lowest BCUT2D eigenvalue weighted by Gasteiger charge is -2.23. The van der Waals surface area contributed by atoms with E-state index in [-0.39, 0.29) is 18.6 Å². The van der Waals surface area contributed by atoms with Crippen molar-refractivity contribution in [2.75, 3.05) is 13.1 Å². The Bertz CT molecular complexity index is 420. The summed E-state index contributed by atoms with van der Waals surface area (Å²) in [5, 5.41) is 11.6.